The molecule has 0 saturated heterocycles. The predicted octanol–water partition coefficient (Wildman–Crippen LogP) is 1.75. The van der Waals surface area contributed by atoms with Gasteiger partial charge in [0.15, 0.2) is 12.6 Å². The van der Waals surface area contributed by atoms with Gasteiger partial charge in [-0.05, 0) is 19.3 Å². The Kier molecular flexibility index (Phi) is 6.34. The first-order valence-corrected chi connectivity index (χ1v) is 4.51. The summed E-state index contributed by atoms with van der Waals surface area (Å²) >= 11 is 0. The lowest BCUT2D eigenvalue weighted by Gasteiger charge is -2.18. The lowest BCUT2D eigenvalue weighted by atomic mass is 10.2. The largest absolute Gasteiger partial charge is 0.368 e. The van der Waals surface area contributed by atoms with Gasteiger partial charge in [-0.25, -0.2) is 0 Å². The molecule has 2 unspecified atom stereocenters. The molecule has 0 heterocycles. The molecule has 0 bridgehead atoms. The predicted molar refractivity (Wildman–Crippen MR) is 47.6 cm³/mol. The molecule has 0 aliphatic rings. The summed E-state index contributed by atoms with van der Waals surface area (Å²) in [4.78, 5) is 0. The Hall–Kier alpha value is -0.120. The number of ether oxygens (including phenoxy) is 2. The summed E-state index contributed by atoms with van der Waals surface area (Å²) in [6, 6.07) is 0. The summed E-state index contributed by atoms with van der Waals surface area (Å²) in [5, 5.41) is 9.09. The minimum Gasteiger partial charge on any atom is -0.368 e. The monoisotopic (exact) mass is 176 g/mol. The van der Waals surface area contributed by atoms with Gasteiger partial charge >= 0.3 is 0 Å². The van der Waals surface area contributed by atoms with E-state index in [9.17, 15) is 0 Å². The van der Waals surface area contributed by atoms with Crippen LogP contribution >= 0.6 is 0 Å². The molecule has 1 N–H and O–H groups in total. The van der Waals surface area contributed by atoms with Crippen LogP contribution in [0, 0.1) is 5.92 Å². The third-order valence-electron chi connectivity index (χ3n) is 1.36. The molecule has 0 aromatic carbocycles. The van der Waals surface area contributed by atoms with Gasteiger partial charge in [-0.15, -0.1) is 0 Å². The van der Waals surface area contributed by atoms with E-state index in [0.717, 1.165) is 0 Å². The molecule has 0 amide bonds. The normalized spacial score (nSPS) is 16.5. The number of aliphatic hydroxyl groups excluding tert-OH is 1. The van der Waals surface area contributed by atoms with Gasteiger partial charge in [-0.2, -0.15) is 0 Å². The van der Waals surface area contributed by atoms with Crippen LogP contribution in [0.15, 0.2) is 0 Å². The highest BCUT2D eigenvalue weighted by atomic mass is 16.7. The van der Waals surface area contributed by atoms with Gasteiger partial charge in [0.25, 0.3) is 0 Å². The van der Waals surface area contributed by atoms with E-state index in [4.69, 9.17) is 14.6 Å². The molecule has 0 aromatic heterocycles. The average molecular weight is 176 g/mol. The van der Waals surface area contributed by atoms with Crippen LogP contribution < -0.4 is 0 Å². The molecular weight excluding hydrogens is 156 g/mol. The van der Waals surface area contributed by atoms with Crippen molar-refractivity contribution in [1.29, 1.82) is 0 Å². The van der Waals surface area contributed by atoms with Crippen molar-refractivity contribution in [3.8, 4) is 0 Å². The van der Waals surface area contributed by atoms with Gasteiger partial charge in [0.1, 0.15) is 0 Å². The highest BCUT2D eigenvalue weighted by molar-refractivity contribution is 4.42. The van der Waals surface area contributed by atoms with E-state index in [2.05, 4.69) is 13.8 Å². The standard InChI is InChI=1S/C9H20O3/c1-5-9(10)12-8(4)11-6-7(2)3/h7-10H,5-6H2,1-4H3. The Bertz CT molecular complexity index is 104. The summed E-state index contributed by atoms with van der Waals surface area (Å²) < 4.78 is 10.4. The van der Waals surface area contributed by atoms with E-state index in [1.807, 2.05) is 6.92 Å². The van der Waals surface area contributed by atoms with E-state index < -0.39 is 6.29 Å². The first kappa shape index (κ1) is 11.9. The van der Waals surface area contributed by atoms with E-state index in [1.54, 1.807) is 6.92 Å². The topological polar surface area (TPSA) is 38.7 Å². The van der Waals surface area contributed by atoms with Gasteiger partial charge < -0.3 is 14.6 Å². The second-order valence-corrected chi connectivity index (χ2v) is 3.29. The van der Waals surface area contributed by atoms with Crippen molar-refractivity contribution in [2.75, 3.05) is 6.61 Å². The number of aliphatic hydroxyl groups is 1. The highest BCUT2D eigenvalue weighted by Gasteiger charge is 2.08. The minimum absolute atomic E-state index is 0.317. The Morgan fingerprint density at radius 3 is 2.25 bits per heavy atom. The van der Waals surface area contributed by atoms with E-state index in [0.29, 0.717) is 18.9 Å². The van der Waals surface area contributed by atoms with Crippen LogP contribution in [-0.2, 0) is 9.47 Å². The van der Waals surface area contributed by atoms with Crippen LogP contribution in [-0.4, -0.2) is 24.3 Å². The molecule has 0 fully saturated rings. The molecule has 0 radical (unpaired) electrons. The molecule has 3 heteroatoms. The van der Waals surface area contributed by atoms with Crippen molar-refractivity contribution in [3.05, 3.63) is 0 Å². The summed E-state index contributed by atoms with van der Waals surface area (Å²) in [6.45, 7) is 8.46. The average Bonchev–Trinajstić information content (AvgIpc) is 2.00. The number of hydrogen-bond donors (Lipinski definition) is 1. The third kappa shape index (κ3) is 6.58. The zero-order valence-electron chi connectivity index (χ0n) is 8.41. The fourth-order valence-corrected chi connectivity index (χ4v) is 0.685. The Morgan fingerprint density at radius 1 is 1.25 bits per heavy atom. The maximum absolute atomic E-state index is 9.09. The maximum atomic E-state index is 9.09. The molecule has 2 atom stereocenters. The molecule has 0 spiro atoms. The number of rotatable bonds is 6. The highest BCUT2D eigenvalue weighted by Crippen LogP contribution is 2.03. The van der Waals surface area contributed by atoms with Gasteiger partial charge in [0.05, 0.1) is 6.61 Å². The lowest BCUT2D eigenvalue weighted by Crippen LogP contribution is -2.22. The van der Waals surface area contributed by atoms with Crippen molar-refractivity contribution >= 4 is 0 Å². The minimum atomic E-state index is -0.702. The van der Waals surface area contributed by atoms with Crippen molar-refractivity contribution in [1.82, 2.24) is 0 Å². The smallest absolute Gasteiger partial charge is 0.157 e. The molecule has 0 aliphatic carbocycles. The first-order chi connectivity index (χ1) is 5.56. The quantitative estimate of drug-likeness (QED) is 0.627. The molecule has 3 nitrogen and oxygen atoms in total. The van der Waals surface area contributed by atoms with Crippen LogP contribution in [0.25, 0.3) is 0 Å². The summed E-state index contributed by atoms with van der Waals surface area (Å²) in [6.07, 6.45) is -0.426. The van der Waals surface area contributed by atoms with Gasteiger partial charge in [0.2, 0.25) is 0 Å². The molecule has 0 rings (SSSR count). The maximum Gasteiger partial charge on any atom is 0.157 e. The molecule has 0 aromatic rings. The lowest BCUT2D eigenvalue weighted by molar-refractivity contribution is -0.223. The van der Waals surface area contributed by atoms with Crippen LogP contribution in [0.2, 0.25) is 0 Å². The fraction of sp³-hybridized carbons (Fsp3) is 1.00. The first-order valence-electron chi connectivity index (χ1n) is 4.51. The number of hydrogen-bond acceptors (Lipinski definition) is 3. The zero-order valence-corrected chi connectivity index (χ0v) is 8.41. The van der Waals surface area contributed by atoms with Crippen LogP contribution in [0.1, 0.15) is 34.1 Å². The summed E-state index contributed by atoms with van der Waals surface area (Å²) in [5.41, 5.74) is 0. The summed E-state index contributed by atoms with van der Waals surface area (Å²) in [5.74, 6) is 0.495. The summed E-state index contributed by atoms with van der Waals surface area (Å²) in [7, 11) is 0. The molecule has 74 valence electrons. The molecule has 0 saturated carbocycles. The van der Waals surface area contributed by atoms with Gasteiger partial charge in [-0.1, -0.05) is 20.8 Å². The SMILES string of the molecule is CCC(O)OC(C)OCC(C)C. The van der Waals surface area contributed by atoms with E-state index in [1.165, 1.54) is 0 Å². The zero-order chi connectivity index (χ0) is 9.56. The second kappa shape index (κ2) is 6.40. The van der Waals surface area contributed by atoms with Crippen LogP contribution in [0.5, 0.6) is 0 Å². The van der Waals surface area contributed by atoms with Crippen molar-refractivity contribution in [2.45, 2.75) is 46.7 Å². The van der Waals surface area contributed by atoms with Gasteiger partial charge in [-0.3, -0.25) is 0 Å². The fourth-order valence-electron chi connectivity index (χ4n) is 0.685. The van der Waals surface area contributed by atoms with Gasteiger partial charge in [0, 0.05) is 0 Å². The Balaban J connectivity index is 3.39. The van der Waals surface area contributed by atoms with Crippen molar-refractivity contribution in [3.63, 3.8) is 0 Å². The van der Waals surface area contributed by atoms with Crippen LogP contribution in [0.3, 0.4) is 0 Å². The van der Waals surface area contributed by atoms with Crippen molar-refractivity contribution < 1.29 is 14.6 Å². The van der Waals surface area contributed by atoms with E-state index in [-0.39, 0.29) is 6.29 Å². The molecular formula is C9H20O3. The Labute approximate surface area is 74.7 Å². The molecule has 0 aliphatic heterocycles. The second-order valence-electron chi connectivity index (χ2n) is 3.29. The molecule has 12 heavy (non-hydrogen) atoms. The van der Waals surface area contributed by atoms with Crippen LogP contribution in [0.4, 0.5) is 0 Å². The Morgan fingerprint density at radius 2 is 1.83 bits per heavy atom. The van der Waals surface area contributed by atoms with Crippen molar-refractivity contribution in [2.24, 2.45) is 5.92 Å². The third-order valence-corrected chi connectivity index (χ3v) is 1.36. The van der Waals surface area contributed by atoms with E-state index >= 15 is 0 Å².